The Labute approximate surface area is 192 Å². The van der Waals surface area contributed by atoms with Crippen molar-refractivity contribution in [2.24, 2.45) is 5.73 Å². The van der Waals surface area contributed by atoms with E-state index in [-0.39, 0.29) is 27.0 Å². The number of hydrogen-bond acceptors (Lipinski definition) is 8. The van der Waals surface area contributed by atoms with Crippen molar-refractivity contribution in [3.63, 3.8) is 0 Å². The highest BCUT2D eigenvalue weighted by molar-refractivity contribution is 8.18. The van der Waals surface area contributed by atoms with Crippen LogP contribution in [-0.2, 0) is 9.59 Å². The van der Waals surface area contributed by atoms with Crippen molar-refractivity contribution in [3.8, 4) is 17.2 Å². The van der Waals surface area contributed by atoms with Gasteiger partial charge in [-0.3, -0.25) is 19.3 Å². The van der Waals surface area contributed by atoms with E-state index < -0.39 is 29.6 Å². The molecule has 0 unspecified atom stereocenters. The SMILES string of the molecule is COc1ccc(C(=O)Oc2c(Cl)cc(/C=C3\SC(=O)N(CC(N)=O)C3=O)cc2OC)cc1. The lowest BCUT2D eigenvalue weighted by atomic mass is 10.1. The predicted molar refractivity (Wildman–Crippen MR) is 118 cm³/mol. The van der Waals surface area contributed by atoms with E-state index in [0.717, 1.165) is 4.90 Å². The Bertz CT molecular complexity index is 1130. The molecule has 166 valence electrons. The summed E-state index contributed by atoms with van der Waals surface area (Å²) in [6.07, 6.45) is 1.41. The zero-order chi connectivity index (χ0) is 23.4. The third-order valence-corrected chi connectivity index (χ3v) is 5.45. The maximum absolute atomic E-state index is 12.5. The Hall–Kier alpha value is -3.50. The monoisotopic (exact) mass is 476 g/mol. The van der Waals surface area contributed by atoms with Crippen molar-refractivity contribution >= 4 is 52.5 Å². The molecule has 9 nitrogen and oxygen atoms in total. The summed E-state index contributed by atoms with van der Waals surface area (Å²) in [5, 5.41) is -0.558. The smallest absolute Gasteiger partial charge is 0.343 e. The van der Waals surface area contributed by atoms with Crippen molar-refractivity contribution in [2.75, 3.05) is 20.8 Å². The number of halogens is 1. The van der Waals surface area contributed by atoms with Crippen LogP contribution in [0.3, 0.4) is 0 Å². The Morgan fingerprint density at radius 3 is 2.41 bits per heavy atom. The number of hydrogen-bond donors (Lipinski definition) is 1. The summed E-state index contributed by atoms with van der Waals surface area (Å²) in [5.74, 6) is -1.39. The van der Waals surface area contributed by atoms with Gasteiger partial charge in [0.1, 0.15) is 12.3 Å². The van der Waals surface area contributed by atoms with Crippen LogP contribution >= 0.6 is 23.4 Å². The standard InChI is InChI=1S/C21H17ClN2O7S/c1-29-13-5-3-12(4-6-13)20(27)31-18-14(22)7-11(8-15(18)30-2)9-16-19(26)24(10-17(23)25)21(28)32-16/h3-9H,10H2,1-2H3,(H2,23,25)/b16-9-. The highest BCUT2D eigenvalue weighted by atomic mass is 35.5. The number of nitrogens with two attached hydrogens (primary N) is 1. The quantitative estimate of drug-likeness (QED) is 0.367. The van der Waals surface area contributed by atoms with Gasteiger partial charge < -0.3 is 19.9 Å². The second-order valence-corrected chi connectivity index (χ2v) is 7.79. The van der Waals surface area contributed by atoms with Gasteiger partial charge >= 0.3 is 5.97 Å². The summed E-state index contributed by atoms with van der Waals surface area (Å²) in [4.78, 5) is 48.7. The molecule has 3 amide bonds. The second-order valence-electron chi connectivity index (χ2n) is 6.39. The van der Waals surface area contributed by atoms with Crippen LogP contribution < -0.4 is 19.9 Å². The molecular weight excluding hydrogens is 460 g/mol. The van der Waals surface area contributed by atoms with Gasteiger partial charge in [-0.1, -0.05) is 11.6 Å². The third-order valence-electron chi connectivity index (χ3n) is 4.26. The van der Waals surface area contributed by atoms with E-state index in [4.69, 9.17) is 31.5 Å². The summed E-state index contributed by atoms with van der Waals surface area (Å²) in [5.41, 5.74) is 5.76. The molecule has 1 saturated heterocycles. The van der Waals surface area contributed by atoms with Gasteiger partial charge in [0.25, 0.3) is 11.1 Å². The summed E-state index contributed by atoms with van der Waals surface area (Å²) >= 11 is 6.97. The number of imide groups is 1. The van der Waals surface area contributed by atoms with Gasteiger partial charge in [-0.2, -0.15) is 0 Å². The molecule has 1 heterocycles. The molecule has 0 saturated carbocycles. The van der Waals surface area contributed by atoms with Crippen molar-refractivity contribution < 1.29 is 33.4 Å². The summed E-state index contributed by atoms with van der Waals surface area (Å²) in [6.45, 7) is -0.508. The van der Waals surface area contributed by atoms with Crippen LogP contribution in [0, 0.1) is 0 Å². The number of rotatable bonds is 7. The van der Waals surface area contributed by atoms with Gasteiger partial charge in [0.15, 0.2) is 11.5 Å². The fourth-order valence-electron chi connectivity index (χ4n) is 2.74. The Morgan fingerprint density at radius 1 is 1.12 bits per heavy atom. The minimum atomic E-state index is -0.804. The molecule has 0 aromatic heterocycles. The highest BCUT2D eigenvalue weighted by Gasteiger charge is 2.36. The van der Waals surface area contributed by atoms with Crippen molar-refractivity contribution in [3.05, 3.63) is 57.5 Å². The van der Waals surface area contributed by atoms with Crippen molar-refractivity contribution in [2.45, 2.75) is 0 Å². The normalized spacial score (nSPS) is 14.6. The van der Waals surface area contributed by atoms with Crippen LogP contribution in [0.2, 0.25) is 5.02 Å². The zero-order valence-electron chi connectivity index (χ0n) is 16.9. The number of carbonyl (C=O) groups excluding carboxylic acids is 4. The molecular formula is C21H17ClN2O7S. The minimum Gasteiger partial charge on any atom is -0.497 e. The maximum atomic E-state index is 12.5. The Balaban J connectivity index is 1.86. The predicted octanol–water partition coefficient (Wildman–Crippen LogP) is 3.10. The van der Waals surface area contributed by atoms with Crippen LogP contribution in [0.5, 0.6) is 17.2 Å². The first kappa shape index (κ1) is 23.2. The number of thioether (sulfide) groups is 1. The van der Waals surface area contributed by atoms with Gasteiger partial charge in [-0.15, -0.1) is 0 Å². The van der Waals surface area contributed by atoms with E-state index in [9.17, 15) is 19.2 Å². The first-order valence-electron chi connectivity index (χ1n) is 9.01. The fourth-order valence-corrected chi connectivity index (χ4v) is 3.84. The topological polar surface area (TPSA) is 125 Å². The first-order valence-corrected chi connectivity index (χ1v) is 10.2. The molecule has 0 bridgehead atoms. The van der Waals surface area contributed by atoms with E-state index in [1.807, 2.05) is 0 Å². The number of benzene rings is 2. The van der Waals surface area contributed by atoms with E-state index in [2.05, 4.69) is 0 Å². The molecule has 1 aliphatic rings. The number of nitrogens with zero attached hydrogens (tertiary/aromatic N) is 1. The number of amides is 3. The van der Waals surface area contributed by atoms with Crippen molar-refractivity contribution in [1.82, 2.24) is 4.90 Å². The minimum absolute atomic E-state index is 0.00559. The molecule has 11 heteroatoms. The highest BCUT2D eigenvalue weighted by Crippen LogP contribution is 2.39. The van der Waals surface area contributed by atoms with E-state index in [1.54, 1.807) is 12.1 Å². The number of methoxy groups -OCH3 is 2. The van der Waals surface area contributed by atoms with Gasteiger partial charge in [0.05, 0.1) is 29.7 Å². The van der Waals surface area contributed by atoms with Crippen LogP contribution in [0.1, 0.15) is 15.9 Å². The second kappa shape index (κ2) is 9.75. The summed E-state index contributed by atoms with van der Waals surface area (Å²) < 4.78 is 15.8. The summed E-state index contributed by atoms with van der Waals surface area (Å²) in [7, 11) is 2.87. The Morgan fingerprint density at radius 2 is 1.81 bits per heavy atom. The number of carbonyl (C=O) groups is 4. The lowest BCUT2D eigenvalue weighted by molar-refractivity contribution is -0.127. The molecule has 0 spiro atoms. The average Bonchev–Trinajstić information content (AvgIpc) is 3.02. The Kier molecular flexibility index (Phi) is 7.06. The molecule has 2 aromatic rings. The molecule has 1 fully saturated rings. The van der Waals surface area contributed by atoms with Gasteiger partial charge in [0.2, 0.25) is 5.91 Å². The van der Waals surface area contributed by atoms with Crippen LogP contribution in [0.15, 0.2) is 41.3 Å². The van der Waals surface area contributed by atoms with Gasteiger partial charge in [-0.05, 0) is 59.8 Å². The number of primary amides is 1. The van der Waals surface area contributed by atoms with Gasteiger partial charge in [-0.25, -0.2) is 4.79 Å². The zero-order valence-corrected chi connectivity index (χ0v) is 18.5. The fraction of sp³-hybridized carbons (Fsp3) is 0.143. The van der Waals surface area contributed by atoms with E-state index >= 15 is 0 Å². The average molecular weight is 477 g/mol. The first-order chi connectivity index (χ1) is 15.2. The lowest BCUT2D eigenvalue weighted by Gasteiger charge is -2.12. The molecule has 0 aliphatic carbocycles. The largest absolute Gasteiger partial charge is 0.497 e. The van der Waals surface area contributed by atoms with Crippen LogP contribution in [0.4, 0.5) is 4.79 Å². The van der Waals surface area contributed by atoms with E-state index in [0.29, 0.717) is 23.1 Å². The lowest BCUT2D eigenvalue weighted by Crippen LogP contribution is -2.36. The molecule has 0 atom stereocenters. The molecule has 32 heavy (non-hydrogen) atoms. The third kappa shape index (κ3) is 5.04. The molecule has 2 N–H and O–H groups in total. The molecule has 2 aromatic carbocycles. The number of ether oxygens (including phenoxy) is 3. The molecule has 1 aliphatic heterocycles. The summed E-state index contributed by atoms with van der Waals surface area (Å²) in [6, 6.07) is 9.25. The van der Waals surface area contributed by atoms with Crippen LogP contribution in [-0.4, -0.2) is 48.7 Å². The maximum Gasteiger partial charge on any atom is 0.343 e. The molecule has 3 rings (SSSR count). The number of esters is 1. The van der Waals surface area contributed by atoms with Gasteiger partial charge in [0, 0.05) is 0 Å². The molecule has 0 radical (unpaired) electrons. The van der Waals surface area contributed by atoms with E-state index in [1.165, 1.54) is 44.6 Å². The van der Waals surface area contributed by atoms with Crippen molar-refractivity contribution in [1.29, 1.82) is 0 Å². The van der Waals surface area contributed by atoms with Crippen LogP contribution in [0.25, 0.3) is 6.08 Å².